The molecule has 1 N–H and O–H groups in total. The van der Waals surface area contributed by atoms with Gasteiger partial charge in [0.1, 0.15) is 5.75 Å². The first-order valence-electron chi connectivity index (χ1n) is 6.09. The van der Waals surface area contributed by atoms with Gasteiger partial charge in [-0.25, -0.2) is 0 Å². The molecule has 0 bridgehead atoms. The van der Waals surface area contributed by atoms with Crippen molar-refractivity contribution in [1.29, 1.82) is 0 Å². The van der Waals surface area contributed by atoms with E-state index in [9.17, 15) is 5.11 Å². The summed E-state index contributed by atoms with van der Waals surface area (Å²) < 4.78 is 10.8. The Kier molecular flexibility index (Phi) is 3.69. The molecule has 0 aromatic heterocycles. The molecule has 1 heterocycles. The lowest BCUT2D eigenvalue weighted by Crippen LogP contribution is -2.41. The number of rotatable bonds is 3. The van der Waals surface area contributed by atoms with Crippen LogP contribution < -0.4 is 4.74 Å². The highest BCUT2D eigenvalue weighted by atomic mass is 16.5. The lowest BCUT2D eigenvalue weighted by atomic mass is 9.85. The van der Waals surface area contributed by atoms with Crippen LogP contribution in [0.1, 0.15) is 25.3 Å². The maximum atomic E-state index is 10.6. The number of benzene rings is 1. The van der Waals surface area contributed by atoms with Crippen molar-refractivity contribution in [2.45, 2.75) is 37.9 Å². The maximum Gasteiger partial charge on any atom is 0.122 e. The SMILES string of the molecule is COc1ccccc1CC1(O)CCOC(C)C1. The minimum Gasteiger partial charge on any atom is -0.496 e. The Balaban J connectivity index is 2.13. The zero-order valence-electron chi connectivity index (χ0n) is 10.5. The molecule has 0 spiro atoms. The van der Waals surface area contributed by atoms with Crippen molar-refractivity contribution in [3.05, 3.63) is 29.8 Å². The van der Waals surface area contributed by atoms with Gasteiger partial charge in [-0.1, -0.05) is 18.2 Å². The monoisotopic (exact) mass is 236 g/mol. The summed E-state index contributed by atoms with van der Waals surface area (Å²) in [5.41, 5.74) is 0.401. The number of methoxy groups -OCH3 is 1. The van der Waals surface area contributed by atoms with Gasteiger partial charge in [-0.3, -0.25) is 0 Å². The molecule has 0 saturated carbocycles. The Morgan fingerprint density at radius 3 is 2.94 bits per heavy atom. The van der Waals surface area contributed by atoms with Crippen LogP contribution >= 0.6 is 0 Å². The second kappa shape index (κ2) is 5.07. The van der Waals surface area contributed by atoms with Gasteiger partial charge in [0.15, 0.2) is 0 Å². The van der Waals surface area contributed by atoms with Crippen molar-refractivity contribution >= 4 is 0 Å². The highest BCUT2D eigenvalue weighted by molar-refractivity contribution is 5.34. The Morgan fingerprint density at radius 1 is 1.47 bits per heavy atom. The summed E-state index contributed by atoms with van der Waals surface area (Å²) in [6.45, 7) is 2.64. The predicted molar refractivity (Wildman–Crippen MR) is 66.3 cm³/mol. The van der Waals surface area contributed by atoms with Crippen LogP contribution in [0.3, 0.4) is 0 Å². The number of ether oxygens (including phenoxy) is 2. The lowest BCUT2D eigenvalue weighted by Gasteiger charge is -2.36. The molecule has 1 fully saturated rings. The summed E-state index contributed by atoms with van der Waals surface area (Å²) in [6, 6.07) is 7.86. The first kappa shape index (κ1) is 12.4. The van der Waals surface area contributed by atoms with E-state index >= 15 is 0 Å². The Morgan fingerprint density at radius 2 is 2.24 bits per heavy atom. The average molecular weight is 236 g/mol. The highest BCUT2D eigenvalue weighted by Gasteiger charge is 2.34. The highest BCUT2D eigenvalue weighted by Crippen LogP contribution is 2.31. The van der Waals surface area contributed by atoms with E-state index in [2.05, 4.69) is 0 Å². The Bertz CT molecular complexity index is 377. The van der Waals surface area contributed by atoms with Gasteiger partial charge in [0.05, 0.1) is 18.8 Å². The molecule has 1 saturated heterocycles. The van der Waals surface area contributed by atoms with Crippen LogP contribution in [0.15, 0.2) is 24.3 Å². The third-order valence-electron chi connectivity index (χ3n) is 3.35. The first-order chi connectivity index (χ1) is 8.13. The van der Waals surface area contributed by atoms with Crippen LogP contribution in [0.4, 0.5) is 0 Å². The van der Waals surface area contributed by atoms with E-state index < -0.39 is 5.60 Å². The average Bonchev–Trinajstić information content (AvgIpc) is 2.29. The second-order valence-electron chi connectivity index (χ2n) is 4.85. The molecule has 1 aliphatic rings. The molecule has 3 heteroatoms. The molecular weight excluding hydrogens is 216 g/mol. The zero-order valence-corrected chi connectivity index (χ0v) is 10.5. The lowest BCUT2D eigenvalue weighted by molar-refractivity contribution is -0.0962. The third-order valence-corrected chi connectivity index (χ3v) is 3.35. The number of para-hydroxylation sites is 1. The van der Waals surface area contributed by atoms with Crippen molar-refractivity contribution < 1.29 is 14.6 Å². The Hall–Kier alpha value is -1.06. The quantitative estimate of drug-likeness (QED) is 0.874. The Labute approximate surface area is 102 Å². The molecule has 1 aromatic rings. The molecule has 3 nitrogen and oxygen atoms in total. The fourth-order valence-corrected chi connectivity index (χ4v) is 2.51. The van der Waals surface area contributed by atoms with Crippen molar-refractivity contribution in [2.24, 2.45) is 0 Å². The summed E-state index contributed by atoms with van der Waals surface area (Å²) in [4.78, 5) is 0. The third kappa shape index (κ3) is 2.99. The number of aliphatic hydroxyl groups is 1. The number of hydrogen-bond acceptors (Lipinski definition) is 3. The first-order valence-corrected chi connectivity index (χ1v) is 6.09. The van der Waals surface area contributed by atoms with Crippen LogP contribution in [0.5, 0.6) is 5.75 Å². The van der Waals surface area contributed by atoms with Crippen molar-refractivity contribution in [3.63, 3.8) is 0 Å². The fourth-order valence-electron chi connectivity index (χ4n) is 2.51. The van der Waals surface area contributed by atoms with Crippen molar-refractivity contribution in [3.8, 4) is 5.75 Å². The largest absolute Gasteiger partial charge is 0.496 e. The summed E-state index contributed by atoms with van der Waals surface area (Å²) in [5, 5.41) is 10.6. The van der Waals surface area contributed by atoms with E-state index in [1.54, 1.807) is 7.11 Å². The summed E-state index contributed by atoms with van der Waals surface area (Å²) in [5.74, 6) is 0.847. The minimum atomic E-state index is -0.660. The predicted octanol–water partition coefficient (Wildman–Crippen LogP) is 2.17. The summed E-state index contributed by atoms with van der Waals surface area (Å²) in [6.07, 6.45) is 2.13. The molecular formula is C14H20O3. The van der Waals surface area contributed by atoms with E-state index in [-0.39, 0.29) is 6.10 Å². The van der Waals surface area contributed by atoms with E-state index in [4.69, 9.17) is 9.47 Å². The van der Waals surface area contributed by atoms with Gasteiger partial charge in [0.2, 0.25) is 0 Å². The van der Waals surface area contributed by atoms with E-state index in [1.807, 2.05) is 31.2 Å². The van der Waals surface area contributed by atoms with Crippen LogP contribution in [0.2, 0.25) is 0 Å². The number of hydrogen-bond donors (Lipinski definition) is 1. The second-order valence-corrected chi connectivity index (χ2v) is 4.85. The van der Waals surface area contributed by atoms with Gasteiger partial charge in [-0.15, -0.1) is 0 Å². The van der Waals surface area contributed by atoms with E-state index in [0.717, 1.165) is 11.3 Å². The van der Waals surface area contributed by atoms with Crippen molar-refractivity contribution in [2.75, 3.05) is 13.7 Å². The van der Waals surface area contributed by atoms with Gasteiger partial charge < -0.3 is 14.6 Å². The van der Waals surface area contributed by atoms with Crippen LogP contribution in [0, 0.1) is 0 Å². The fraction of sp³-hybridized carbons (Fsp3) is 0.571. The van der Waals surface area contributed by atoms with Gasteiger partial charge in [-0.2, -0.15) is 0 Å². The standard InChI is InChI=1S/C14H20O3/c1-11-9-14(15,7-8-17-11)10-12-5-3-4-6-13(12)16-2/h3-6,11,15H,7-10H2,1-2H3. The van der Waals surface area contributed by atoms with E-state index in [1.165, 1.54) is 0 Å². The zero-order chi connectivity index (χ0) is 12.3. The molecule has 0 aliphatic carbocycles. The molecule has 0 amide bonds. The van der Waals surface area contributed by atoms with Gasteiger partial charge in [-0.05, 0) is 25.0 Å². The van der Waals surface area contributed by atoms with Crippen LogP contribution in [-0.4, -0.2) is 30.5 Å². The molecule has 2 atom stereocenters. The summed E-state index contributed by atoms with van der Waals surface area (Å²) >= 11 is 0. The topological polar surface area (TPSA) is 38.7 Å². The van der Waals surface area contributed by atoms with Gasteiger partial charge >= 0.3 is 0 Å². The molecule has 17 heavy (non-hydrogen) atoms. The molecule has 2 unspecified atom stereocenters. The molecule has 1 aliphatic heterocycles. The van der Waals surface area contributed by atoms with E-state index in [0.29, 0.717) is 25.9 Å². The van der Waals surface area contributed by atoms with Gasteiger partial charge in [0, 0.05) is 19.4 Å². The van der Waals surface area contributed by atoms with Crippen LogP contribution in [0.25, 0.3) is 0 Å². The molecule has 94 valence electrons. The van der Waals surface area contributed by atoms with Crippen molar-refractivity contribution in [1.82, 2.24) is 0 Å². The molecule has 1 aromatic carbocycles. The van der Waals surface area contributed by atoms with Gasteiger partial charge in [0.25, 0.3) is 0 Å². The summed E-state index contributed by atoms with van der Waals surface area (Å²) in [7, 11) is 1.66. The smallest absolute Gasteiger partial charge is 0.122 e. The normalized spacial score (nSPS) is 29.0. The molecule has 2 rings (SSSR count). The van der Waals surface area contributed by atoms with Crippen LogP contribution in [-0.2, 0) is 11.2 Å². The minimum absolute atomic E-state index is 0.128. The molecule has 0 radical (unpaired) electrons. The maximum absolute atomic E-state index is 10.6.